The molecule has 1 aliphatic carbocycles. The average Bonchev–Trinajstić information content (AvgIpc) is 2.48. The Morgan fingerprint density at radius 1 is 0.857 bits per heavy atom. The van der Waals surface area contributed by atoms with E-state index in [0.717, 1.165) is 23.8 Å². The van der Waals surface area contributed by atoms with Crippen molar-refractivity contribution in [1.29, 1.82) is 0 Å². The summed E-state index contributed by atoms with van der Waals surface area (Å²) < 4.78 is 0. The highest BCUT2D eigenvalue weighted by Crippen LogP contribution is 2.32. The van der Waals surface area contributed by atoms with Crippen molar-refractivity contribution in [2.75, 3.05) is 32.7 Å². The molecule has 0 N–H and O–H groups in total. The van der Waals surface area contributed by atoms with Gasteiger partial charge in [0.05, 0.1) is 0 Å². The SMILES string of the molecule is CC(C)CCCN1CCN(C2CCC(C(C)C)CC2)CC1. The van der Waals surface area contributed by atoms with E-state index in [1.165, 1.54) is 71.2 Å². The van der Waals surface area contributed by atoms with E-state index < -0.39 is 0 Å². The number of rotatable bonds is 6. The third-order valence-corrected chi connectivity index (χ3v) is 5.86. The molecule has 1 saturated carbocycles. The molecular weight excluding hydrogens is 256 g/mol. The van der Waals surface area contributed by atoms with Crippen molar-refractivity contribution in [3.05, 3.63) is 0 Å². The van der Waals surface area contributed by atoms with E-state index in [-0.39, 0.29) is 0 Å². The third-order valence-electron chi connectivity index (χ3n) is 5.86. The highest BCUT2D eigenvalue weighted by Gasteiger charge is 2.29. The van der Waals surface area contributed by atoms with Crippen LogP contribution in [0.3, 0.4) is 0 Å². The lowest BCUT2D eigenvalue weighted by Crippen LogP contribution is -2.51. The fraction of sp³-hybridized carbons (Fsp3) is 1.00. The van der Waals surface area contributed by atoms with Crippen LogP contribution in [-0.4, -0.2) is 48.6 Å². The summed E-state index contributed by atoms with van der Waals surface area (Å²) in [5.41, 5.74) is 0. The van der Waals surface area contributed by atoms with E-state index in [1.54, 1.807) is 0 Å². The average molecular weight is 295 g/mol. The topological polar surface area (TPSA) is 6.48 Å². The van der Waals surface area contributed by atoms with Gasteiger partial charge in [-0.05, 0) is 62.8 Å². The molecule has 1 saturated heterocycles. The number of piperazine rings is 1. The molecule has 21 heavy (non-hydrogen) atoms. The van der Waals surface area contributed by atoms with E-state index in [9.17, 15) is 0 Å². The van der Waals surface area contributed by atoms with Crippen molar-refractivity contribution in [3.8, 4) is 0 Å². The van der Waals surface area contributed by atoms with Gasteiger partial charge in [-0.25, -0.2) is 0 Å². The summed E-state index contributed by atoms with van der Waals surface area (Å²) in [6.45, 7) is 16.1. The molecule has 0 aromatic rings. The first-order valence-electron chi connectivity index (χ1n) is 9.52. The largest absolute Gasteiger partial charge is 0.301 e. The van der Waals surface area contributed by atoms with Crippen LogP contribution in [0.15, 0.2) is 0 Å². The zero-order chi connectivity index (χ0) is 15.2. The van der Waals surface area contributed by atoms with E-state index in [1.807, 2.05) is 0 Å². The highest BCUT2D eigenvalue weighted by molar-refractivity contribution is 4.84. The van der Waals surface area contributed by atoms with Crippen LogP contribution < -0.4 is 0 Å². The maximum absolute atomic E-state index is 2.80. The van der Waals surface area contributed by atoms with Gasteiger partial charge in [-0.3, -0.25) is 4.90 Å². The first kappa shape index (κ1) is 17.3. The highest BCUT2D eigenvalue weighted by atomic mass is 15.3. The van der Waals surface area contributed by atoms with Gasteiger partial charge < -0.3 is 4.90 Å². The second-order valence-corrected chi connectivity index (χ2v) is 8.23. The molecule has 1 heterocycles. The predicted molar refractivity (Wildman–Crippen MR) is 92.7 cm³/mol. The molecule has 2 rings (SSSR count). The molecule has 0 atom stereocenters. The van der Waals surface area contributed by atoms with Crippen LogP contribution in [0.4, 0.5) is 0 Å². The van der Waals surface area contributed by atoms with Gasteiger partial charge in [0, 0.05) is 32.2 Å². The molecule has 0 spiro atoms. The molecule has 0 bridgehead atoms. The molecule has 0 aromatic heterocycles. The zero-order valence-electron chi connectivity index (χ0n) is 15.0. The number of nitrogens with zero attached hydrogens (tertiary/aromatic N) is 2. The fourth-order valence-electron chi connectivity index (χ4n) is 4.21. The van der Waals surface area contributed by atoms with Crippen molar-refractivity contribution in [1.82, 2.24) is 9.80 Å². The first-order chi connectivity index (χ1) is 10.1. The van der Waals surface area contributed by atoms with Gasteiger partial charge in [0.25, 0.3) is 0 Å². The Morgan fingerprint density at radius 3 is 2.00 bits per heavy atom. The summed E-state index contributed by atoms with van der Waals surface area (Å²) in [7, 11) is 0. The van der Waals surface area contributed by atoms with Crippen LogP contribution in [0.5, 0.6) is 0 Å². The van der Waals surface area contributed by atoms with E-state index >= 15 is 0 Å². The summed E-state index contributed by atoms with van der Waals surface area (Å²) in [4.78, 5) is 5.49. The smallest absolute Gasteiger partial charge is 0.0113 e. The monoisotopic (exact) mass is 294 g/mol. The van der Waals surface area contributed by atoms with Crippen LogP contribution in [0.2, 0.25) is 0 Å². The Labute approximate surface area is 133 Å². The molecule has 0 radical (unpaired) electrons. The van der Waals surface area contributed by atoms with Crippen LogP contribution in [-0.2, 0) is 0 Å². The molecule has 2 fully saturated rings. The van der Waals surface area contributed by atoms with Crippen LogP contribution in [0.25, 0.3) is 0 Å². The van der Waals surface area contributed by atoms with Gasteiger partial charge in [0.2, 0.25) is 0 Å². The fourth-order valence-corrected chi connectivity index (χ4v) is 4.21. The standard InChI is InChI=1S/C19H38N2/c1-16(2)6-5-11-20-12-14-21(15-13-20)19-9-7-18(8-10-19)17(3)4/h16-19H,5-15H2,1-4H3. The molecule has 124 valence electrons. The molecule has 2 nitrogen and oxygen atoms in total. The maximum atomic E-state index is 2.80. The lowest BCUT2D eigenvalue weighted by atomic mass is 9.79. The Balaban J connectivity index is 1.63. The Kier molecular flexibility index (Phi) is 7.01. The van der Waals surface area contributed by atoms with Gasteiger partial charge in [-0.15, -0.1) is 0 Å². The van der Waals surface area contributed by atoms with Crippen molar-refractivity contribution >= 4 is 0 Å². The minimum absolute atomic E-state index is 0.863. The Morgan fingerprint density at radius 2 is 1.48 bits per heavy atom. The van der Waals surface area contributed by atoms with Gasteiger partial charge in [-0.2, -0.15) is 0 Å². The first-order valence-corrected chi connectivity index (χ1v) is 9.52. The van der Waals surface area contributed by atoms with Crippen LogP contribution in [0, 0.1) is 17.8 Å². The number of hydrogen-bond donors (Lipinski definition) is 0. The Hall–Kier alpha value is -0.0800. The molecule has 2 aliphatic rings. The summed E-state index contributed by atoms with van der Waals surface area (Å²) in [6.07, 6.45) is 8.62. The summed E-state index contributed by atoms with van der Waals surface area (Å²) in [5.74, 6) is 2.75. The lowest BCUT2D eigenvalue weighted by Gasteiger charge is -2.42. The van der Waals surface area contributed by atoms with Crippen LogP contribution >= 0.6 is 0 Å². The Bertz CT molecular complexity index is 271. The minimum atomic E-state index is 0.863. The van der Waals surface area contributed by atoms with Crippen molar-refractivity contribution < 1.29 is 0 Å². The third kappa shape index (κ3) is 5.56. The second kappa shape index (κ2) is 8.53. The minimum Gasteiger partial charge on any atom is -0.301 e. The number of hydrogen-bond acceptors (Lipinski definition) is 2. The summed E-state index contributed by atoms with van der Waals surface area (Å²) in [5, 5.41) is 0. The van der Waals surface area contributed by atoms with Gasteiger partial charge in [-0.1, -0.05) is 27.7 Å². The second-order valence-electron chi connectivity index (χ2n) is 8.23. The van der Waals surface area contributed by atoms with Gasteiger partial charge >= 0.3 is 0 Å². The predicted octanol–water partition coefficient (Wildman–Crippen LogP) is 4.26. The van der Waals surface area contributed by atoms with E-state index in [0.29, 0.717) is 0 Å². The normalized spacial score (nSPS) is 29.4. The summed E-state index contributed by atoms with van der Waals surface area (Å²) >= 11 is 0. The molecule has 1 aliphatic heterocycles. The molecule has 2 heteroatoms. The molecular formula is C19H38N2. The van der Waals surface area contributed by atoms with E-state index in [4.69, 9.17) is 0 Å². The van der Waals surface area contributed by atoms with Crippen molar-refractivity contribution in [2.24, 2.45) is 17.8 Å². The molecule has 0 amide bonds. The zero-order valence-corrected chi connectivity index (χ0v) is 15.0. The van der Waals surface area contributed by atoms with Crippen molar-refractivity contribution in [3.63, 3.8) is 0 Å². The molecule has 0 unspecified atom stereocenters. The van der Waals surface area contributed by atoms with Crippen LogP contribution in [0.1, 0.15) is 66.2 Å². The van der Waals surface area contributed by atoms with Gasteiger partial charge in [0.1, 0.15) is 0 Å². The van der Waals surface area contributed by atoms with E-state index in [2.05, 4.69) is 37.5 Å². The quantitative estimate of drug-likeness (QED) is 0.722. The van der Waals surface area contributed by atoms with Crippen molar-refractivity contribution in [2.45, 2.75) is 72.3 Å². The van der Waals surface area contributed by atoms with Gasteiger partial charge in [0.15, 0.2) is 0 Å². The lowest BCUT2D eigenvalue weighted by molar-refractivity contribution is 0.0645. The summed E-state index contributed by atoms with van der Waals surface area (Å²) in [6, 6.07) is 0.901. The maximum Gasteiger partial charge on any atom is 0.0113 e. The molecule has 0 aromatic carbocycles.